The van der Waals surface area contributed by atoms with Crippen LogP contribution >= 0.6 is 0 Å². The number of ketones is 1. The molecule has 4 atom stereocenters. The van der Waals surface area contributed by atoms with E-state index >= 15 is 0 Å². The number of aliphatic hydroxyl groups excluding tert-OH is 1. The summed E-state index contributed by atoms with van der Waals surface area (Å²) < 4.78 is 6.00. The van der Waals surface area contributed by atoms with Crippen LogP contribution in [0.4, 0.5) is 11.9 Å². The number of nitrogens with zero attached hydrogens (tertiary/aromatic N) is 8. The Balaban J connectivity index is 1.14. The lowest BCUT2D eigenvalue weighted by Crippen LogP contribution is -2.54. The second kappa shape index (κ2) is 34.8. The standard InChI is InChI=1S/C58H69N15O18/c1-33(75)61-24-46(76)38-11-2-4-21-59-56-69-57(71-58(70-56)91-37-19-17-34(18-20-37)23-43(54(87)88)67-47(77)26-63-53(86)44(32-74)68-48(78)25-62-52(38)85)60-22-5-3-16-45(55(89)90)73(31-51(83)84)28-36-10-7-13-40(65-36)42-15-8-14-41(66-42)39-12-6-9-35(64-39)27-72(29-49(79)80)30-50(81)82/h6-10,12-15,17-20,38,43-45,74H,2-5,11,16,21-32H2,1H3,(H,61,75)(H,62,85)(H,63,86)(H,67,77)(H,68,78)(H,79,80)(H,81,82)(H,83,84)(H,87,88)(H,89,90)(H2,59,60,69,70,71)/t38-,43+,44+,45?/m1/s1. The smallest absolute Gasteiger partial charge is 0.328 e. The van der Waals surface area contributed by atoms with Gasteiger partial charge in [-0.25, -0.2) is 19.7 Å². The van der Waals surface area contributed by atoms with E-state index in [0.717, 1.165) is 0 Å². The van der Waals surface area contributed by atoms with Crippen molar-refractivity contribution >= 4 is 77.1 Å². The van der Waals surface area contributed by atoms with Gasteiger partial charge < -0.3 is 72.6 Å². The Labute approximate surface area is 518 Å². The molecule has 0 fully saturated rings. The van der Waals surface area contributed by atoms with Crippen LogP contribution < -0.4 is 42.0 Å². The Bertz CT molecular complexity index is 3420. The van der Waals surface area contributed by atoms with E-state index in [-0.39, 0.29) is 81.9 Å². The largest absolute Gasteiger partial charge is 0.480 e. The third-order valence-corrected chi connectivity index (χ3v) is 13.5. The number of carboxylic acid groups (broad SMARTS) is 5. The number of carbonyl (C=O) groups excluding carboxylic acids is 6. The second-order valence-corrected chi connectivity index (χ2v) is 20.7. The summed E-state index contributed by atoms with van der Waals surface area (Å²) in [6, 6.07) is 16.5. The van der Waals surface area contributed by atoms with Crippen LogP contribution in [0.2, 0.25) is 0 Å². The number of aliphatic hydroxyl groups is 1. The fourth-order valence-electron chi connectivity index (χ4n) is 9.21. The fraction of sp³-hybridized carbons (Fsp3) is 0.397. The summed E-state index contributed by atoms with van der Waals surface area (Å²) in [5, 5.41) is 76.3. The van der Waals surface area contributed by atoms with Crippen LogP contribution in [-0.4, -0.2) is 213 Å². The van der Waals surface area contributed by atoms with Crippen LogP contribution in [0, 0.1) is 5.92 Å². The number of amides is 5. The highest BCUT2D eigenvalue weighted by atomic mass is 16.5. The van der Waals surface area contributed by atoms with E-state index in [0.29, 0.717) is 52.6 Å². The molecule has 2 aliphatic rings. The first-order valence-corrected chi connectivity index (χ1v) is 28.5. The first kappa shape index (κ1) is 69.4. The minimum atomic E-state index is -1.59. The highest BCUT2D eigenvalue weighted by Gasteiger charge is 2.30. The van der Waals surface area contributed by atoms with Crippen molar-refractivity contribution in [3.8, 4) is 34.5 Å². The molecule has 0 spiro atoms. The number of fused-ring (bicyclic) bond motifs is 20. The van der Waals surface area contributed by atoms with Crippen LogP contribution in [0.15, 0.2) is 78.9 Å². The molecule has 1 unspecified atom stereocenters. The normalized spacial score (nSPS) is 16.5. The number of rotatable bonds is 25. The quantitative estimate of drug-likeness (QED) is 0.0199. The number of nitrogens with one attached hydrogen (secondary N) is 7. The number of hydrogen-bond donors (Lipinski definition) is 13. The number of pyridine rings is 3. The van der Waals surface area contributed by atoms with E-state index in [2.05, 4.69) is 57.2 Å². The highest BCUT2D eigenvalue weighted by Crippen LogP contribution is 2.25. The average Bonchev–Trinajstić information content (AvgIpc) is 1.53. The summed E-state index contributed by atoms with van der Waals surface area (Å²) in [5.74, 6) is -12.4. The first-order valence-electron chi connectivity index (χ1n) is 28.5. The van der Waals surface area contributed by atoms with Gasteiger partial charge in [-0.3, -0.25) is 57.7 Å². The maximum Gasteiger partial charge on any atom is 0.328 e. The van der Waals surface area contributed by atoms with Gasteiger partial charge >= 0.3 is 35.9 Å². The highest BCUT2D eigenvalue weighted by molar-refractivity contribution is 6.04. The number of aliphatic carboxylic acids is 5. The Kier molecular flexibility index (Phi) is 26.5. The summed E-state index contributed by atoms with van der Waals surface area (Å²) in [4.78, 5) is 166. The molecule has 1 aromatic carbocycles. The molecule has 13 N–H and O–H groups in total. The van der Waals surface area contributed by atoms with Crippen LogP contribution in [-0.2, 0) is 72.3 Å². The Morgan fingerprint density at radius 2 is 1.25 bits per heavy atom. The molecule has 0 saturated heterocycles. The van der Waals surface area contributed by atoms with E-state index in [1.807, 2.05) is 0 Å². The molecule has 91 heavy (non-hydrogen) atoms. The first-order chi connectivity index (χ1) is 43.5. The minimum Gasteiger partial charge on any atom is -0.480 e. The molecule has 484 valence electrons. The molecule has 0 aliphatic carbocycles. The predicted molar refractivity (Wildman–Crippen MR) is 317 cm³/mol. The van der Waals surface area contributed by atoms with Crippen LogP contribution in [0.1, 0.15) is 62.4 Å². The topological polar surface area (TPSA) is 486 Å². The number of Topliss-reactive ketones (excluding diaryl/α,β-unsaturated/α-hetero) is 1. The maximum atomic E-state index is 13.4. The Hall–Kier alpha value is -10.7. The SMILES string of the molecule is CC(=O)NCC(=O)[C@H]1CCCCNc2nc(NCCCCC(C(=O)O)N(CC(=O)O)Cc3cccc(-c4cccc(-c5cccc(CN(CC(=O)O)CC(=O)O)n5)n4)n3)nc(n2)Oc2ccc(cc2)C[C@@H](C(=O)O)NC(=O)CNC(=O)[C@H](CO)NC(=O)CNC1=O. The lowest BCUT2D eigenvalue weighted by molar-refractivity contribution is -0.147. The zero-order valence-corrected chi connectivity index (χ0v) is 49.2. The van der Waals surface area contributed by atoms with E-state index < -0.39 is 135 Å². The van der Waals surface area contributed by atoms with Gasteiger partial charge in [-0.05, 0) is 86.2 Å². The molecule has 6 heterocycles. The molecule has 5 amide bonds. The third-order valence-electron chi connectivity index (χ3n) is 13.5. The zero-order valence-electron chi connectivity index (χ0n) is 49.2. The molecule has 0 radical (unpaired) electrons. The van der Waals surface area contributed by atoms with Gasteiger partial charge in [0.05, 0.1) is 86.0 Å². The predicted octanol–water partition coefficient (Wildman–Crippen LogP) is -0.485. The van der Waals surface area contributed by atoms with Crippen molar-refractivity contribution in [1.29, 1.82) is 0 Å². The van der Waals surface area contributed by atoms with Crippen molar-refractivity contribution in [1.82, 2.24) is 66.3 Å². The molecule has 4 aromatic heterocycles. The number of carbonyl (C=O) groups is 11. The van der Waals surface area contributed by atoms with E-state index in [9.17, 15) is 83.4 Å². The van der Waals surface area contributed by atoms with E-state index in [4.69, 9.17) is 14.7 Å². The fourth-order valence-corrected chi connectivity index (χ4v) is 9.21. The van der Waals surface area contributed by atoms with Gasteiger partial charge in [0.25, 0.3) is 0 Å². The van der Waals surface area contributed by atoms with Gasteiger partial charge in [-0.2, -0.15) is 15.0 Å². The van der Waals surface area contributed by atoms with Crippen molar-refractivity contribution in [2.75, 3.05) is 69.6 Å². The number of benzene rings is 1. The molecular formula is C58H69N15O18. The lowest BCUT2D eigenvalue weighted by Gasteiger charge is -2.27. The van der Waals surface area contributed by atoms with Gasteiger partial charge in [-0.1, -0.05) is 36.8 Å². The van der Waals surface area contributed by atoms with Gasteiger partial charge in [0.1, 0.15) is 23.9 Å². The average molecular weight is 1260 g/mol. The van der Waals surface area contributed by atoms with Crippen LogP contribution in [0.5, 0.6) is 11.8 Å². The Morgan fingerprint density at radius 3 is 1.85 bits per heavy atom. The summed E-state index contributed by atoms with van der Waals surface area (Å²) in [6.07, 6.45) is 0.881. The number of carboxylic acids is 5. The van der Waals surface area contributed by atoms with Crippen molar-refractivity contribution in [2.45, 2.75) is 83.1 Å². The molecule has 5 aromatic rings. The van der Waals surface area contributed by atoms with Crippen molar-refractivity contribution < 1.29 is 88.1 Å². The molecule has 33 heteroatoms. The third kappa shape index (κ3) is 23.4. The lowest BCUT2D eigenvalue weighted by atomic mass is 9.96. The van der Waals surface area contributed by atoms with Crippen molar-refractivity contribution in [3.05, 3.63) is 95.8 Å². The number of ether oxygens (including phenoxy) is 1. The zero-order chi connectivity index (χ0) is 66.0. The molecular weight excluding hydrogens is 1190 g/mol. The Morgan fingerprint density at radius 1 is 0.659 bits per heavy atom. The van der Waals surface area contributed by atoms with Gasteiger partial charge in [-0.15, -0.1) is 0 Å². The molecule has 4 bridgehead atoms. The maximum absolute atomic E-state index is 13.4. The monoisotopic (exact) mass is 1260 g/mol. The molecule has 0 saturated carbocycles. The van der Waals surface area contributed by atoms with Crippen LogP contribution in [0.3, 0.4) is 0 Å². The molecule has 2 aliphatic heterocycles. The molecule has 7 rings (SSSR count). The second-order valence-electron chi connectivity index (χ2n) is 20.7. The summed E-state index contributed by atoms with van der Waals surface area (Å²) >= 11 is 0. The molecule has 33 nitrogen and oxygen atoms in total. The van der Waals surface area contributed by atoms with Gasteiger partial charge in [0, 0.05) is 39.5 Å². The van der Waals surface area contributed by atoms with Crippen LogP contribution in [0.25, 0.3) is 22.8 Å². The summed E-state index contributed by atoms with van der Waals surface area (Å²) in [7, 11) is 0. The van der Waals surface area contributed by atoms with Gasteiger partial charge in [0.2, 0.25) is 41.4 Å². The van der Waals surface area contributed by atoms with Crippen molar-refractivity contribution in [3.63, 3.8) is 0 Å². The minimum absolute atomic E-state index is 0.00206. The van der Waals surface area contributed by atoms with E-state index in [1.54, 1.807) is 54.6 Å². The number of aromatic nitrogens is 6. The number of anilines is 2. The number of unbranched alkanes of at least 4 members (excludes halogenated alkanes) is 1. The van der Waals surface area contributed by atoms with E-state index in [1.165, 1.54) is 41.0 Å². The van der Waals surface area contributed by atoms with Crippen molar-refractivity contribution in [2.24, 2.45) is 5.92 Å². The summed E-state index contributed by atoms with van der Waals surface area (Å²) in [5.41, 5.74) is 2.76. The summed E-state index contributed by atoms with van der Waals surface area (Å²) in [6.45, 7) is -3.33. The number of hydrogen-bond acceptors (Lipinski definition) is 23. The van der Waals surface area contributed by atoms with Gasteiger partial charge in [0.15, 0.2) is 5.78 Å².